The predicted octanol–water partition coefficient (Wildman–Crippen LogP) is 0.105. The molecule has 1 heterocycles. The maximum absolute atomic E-state index is 11.0. The van der Waals surface area contributed by atoms with Crippen LogP contribution in [0.1, 0.15) is 19.8 Å². The third kappa shape index (κ3) is 6.12. The Morgan fingerprint density at radius 2 is 2.20 bits per heavy atom. The Hall–Kier alpha value is -0.130. The molecule has 0 aliphatic carbocycles. The second kappa shape index (κ2) is 5.82. The van der Waals surface area contributed by atoms with Crippen LogP contribution < -0.4 is 5.32 Å². The molecule has 0 aromatic carbocycles. The zero-order valence-corrected chi connectivity index (χ0v) is 10.5. The van der Waals surface area contributed by atoms with Gasteiger partial charge >= 0.3 is 0 Å². The first-order chi connectivity index (χ1) is 6.97. The van der Waals surface area contributed by atoms with Gasteiger partial charge in [-0.15, -0.1) is 0 Å². The summed E-state index contributed by atoms with van der Waals surface area (Å²) < 4.78 is 21.9. The average Bonchev–Trinajstić information content (AvgIpc) is 2.27. The van der Waals surface area contributed by atoms with E-state index in [4.69, 9.17) is 0 Å². The van der Waals surface area contributed by atoms with Crippen molar-refractivity contribution < 1.29 is 8.42 Å². The number of nitrogens with one attached hydrogen (secondary N) is 1. The monoisotopic (exact) mass is 234 g/mol. The zero-order valence-electron chi connectivity index (χ0n) is 9.70. The van der Waals surface area contributed by atoms with Crippen molar-refractivity contribution in [3.8, 4) is 0 Å². The highest BCUT2D eigenvalue weighted by molar-refractivity contribution is 7.90. The molecule has 0 spiro atoms. The van der Waals surface area contributed by atoms with Crippen molar-refractivity contribution in [3.05, 3.63) is 0 Å². The molecule has 0 bridgehead atoms. The van der Waals surface area contributed by atoms with Gasteiger partial charge in [0.15, 0.2) is 0 Å². The third-order valence-corrected chi connectivity index (χ3v) is 3.70. The van der Waals surface area contributed by atoms with Crippen LogP contribution in [0.5, 0.6) is 0 Å². The maximum Gasteiger partial charge on any atom is 0.147 e. The van der Waals surface area contributed by atoms with Gasteiger partial charge in [-0.3, -0.25) is 0 Å². The molecule has 1 N–H and O–H groups in total. The Bertz CT molecular complexity index is 277. The molecule has 5 heteroatoms. The number of hydrogen-bond acceptors (Lipinski definition) is 4. The molecule has 0 aromatic rings. The van der Waals surface area contributed by atoms with E-state index in [2.05, 4.69) is 17.1 Å². The Labute approximate surface area is 93.0 Å². The summed E-state index contributed by atoms with van der Waals surface area (Å²) in [7, 11) is -2.79. The lowest BCUT2D eigenvalue weighted by atomic mass is 10.3. The standard InChI is InChI=1S/C10H22N2O2S/c1-10-9-12(6-3-5-11-10)7-4-8-15(2,13)14/h10-11H,3-9H2,1-2H3. The van der Waals surface area contributed by atoms with Gasteiger partial charge in [-0.2, -0.15) is 0 Å². The van der Waals surface area contributed by atoms with Gasteiger partial charge < -0.3 is 10.2 Å². The van der Waals surface area contributed by atoms with Crippen LogP contribution in [0.4, 0.5) is 0 Å². The molecule has 15 heavy (non-hydrogen) atoms. The average molecular weight is 234 g/mol. The van der Waals surface area contributed by atoms with Gasteiger partial charge in [-0.1, -0.05) is 0 Å². The van der Waals surface area contributed by atoms with E-state index in [0.29, 0.717) is 11.8 Å². The molecule has 1 aliphatic rings. The maximum atomic E-state index is 11.0. The zero-order chi connectivity index (χ0) is 11.3. The first-order valence-electron chi connectivity index (χ1n) is 5.61. The summed E-state index contributed by atoms with van der Waals surface area (Å²) in [6, 6.07) is 0.519. The summed E-state index contributed by atoms with van der Waals surface area (Å²) in [6.45, 7) is 6.27. The smallest absolute Gasteiger partial charge is 0.147 e. The minimum atomic E-state index is -2.79. The summed E-state index contributed by atoms with van der Waals surface area (Å²) in [5.74, 6) is 0.311. The predicted molar refractivity (Wildman–Crippen MR) is 62.8 cm³/mol. The number of nitrogens with zero attached hydrogens (tertiary/aromatic N) is 1. The van der Waals surface area contributed by atoms with Gasteiger partial charge in [-0.05, 0) is 39.4 Å². The highest BCUT2D eigenvalue weighted by Crippen LogP contribution is 2.02. The molecule has 0 saturated carbocycles. The molecular formula is C10H22N2O2S. The van der Waals surface area contributed by atoms with Crippen LogP contribution in [-0.2, 0) is 9.84 Å². The fraction of sp³-hybridized carbons (Fsp3) is 1.00. The summed E-state index contributed by atoms with van der Waals surface area (Å²) in [5, 5.41) is 3.42. The summed E-state index contributed by atoms with van der Waals surface area (Å²) >= 11 is 0. The van der Waals surface area contributed by atoms with E-state index in [9.17, 15) is 8.42 Å². The lowest BCUT2D eigenvalue weighted by Crippen LogP contribution is -2.36. The summed E-state index contributed by atoms with van der Waals surface area (Å²) in [4.78, 5) is 2.36. The minimum absolute atomic E-state index is 0.311. The Morgan fingerprint density at radius 1 is 1.47 bits per heavy atom. The summed E-state index contributed by atoms with van der Waals surface area (Å²) in [5.41, 5.74) is 0. The van der Waals surface area contributed by atoms with Crippen molar-refractivity contribution in [1.29, 1.82) is 0 Å². The van der Waals surface area contributed by atoms with E-state index in [0.717, 1.165) is 39.0 Å². The number of hydrogen-bond donors (Lipinski definition) is 1. The quantitative estimate of drug-likeness (QED) is 0.750. The fourth-order valence-corrected chi connectivity index (χ4v) is 2.60. The first-order valence-corrected chi connectivity index (χ1v) is 7.67. The van der Waals surface area contributed by atoms with E-state index in [1.54, 1.807) is 0 Å². The molecule has 1 rings (SSSR count). The van der Waals surface area contributed by atoms with Crippen LogP contribution in [-0.4, -0.2) is 57.5 Å². The van der Waals surface area contributed by atoms with E-state index in [1.807, 2.05) is 0 Å². The van der Waals surface area contributed by atoms with Crippen LogP contribution in [0.25, 0.3) is 0 Å². The van der Waals surface area contributed by atoms with Crippen molar-refractivity contribution in [3.63, 3.8) is 0 Å². The largest absolute Gasteiger partial charge is 0.313 e. The van der Waals surface area contributed by atoms with Gasteiger partial charge in [0.25, 0.3) is 0 Å². The van der Waals surface area contributed by atoms with Gasteiger partial charge in [0, 0.05) is 18.8 Å². The topological polar surface area (TPSA) is 49.4 Å². The molecule has 0 aromatic heterocycles. The van der Waals surface area contributed by atoms with Gasteiger partial charge in [-0.25, -0.2) is 8.42 Å². The van der Waals surface area contributed by atoms with Crippen molar-refractivity contribution in [2.45, 2.75) is 25.8 Å². The van der Waals surface area contributed by atoms with Crippen LogP contribution in [0.3, 0.4) is 0 Å². The van der Waals surface area contributed by atoms with E-state index in [1.165, 1.54) is 6.26 Å². The molecule has 0 amide bonds. The number of rotatable bonds is 4. The first kappa shape index (κ1) is 12.9. The Balaban J connectivity index is 2.25. The molecular weight excluding hydrogens is 212 g/mol. The third-order valence-electron chi connectivity index (χ3n) is 2.67. The van der Waals surface area contributed by atoms with Crippen LogP contribution in [0.15, 0.2) is 0 Å². The molecule has 1 saturated heterocycles. The van der Waals surface area contributed by atoms with Crippen molar-refractivity contribution >= 4 is 9.84 Å². The van der Waals surface area contributed by atoms with Crippen LogP contribution in [0, 0.1) is 0 Å². The van der Waals surface area contributed by atoms with Gasteiger partial charge in [0.2, 0.25) is 0 Å². The van der Waals surface area contributed by atoms with E-state index in [-0.39, 0.29) is 0 Å². The molecule has 90 valence electrons. The molecule has 4 nitrogen and oxygen atoms in total. The van der Waals surface area contributed by atoms with E-state index < -0.39 is 9.84 Å². The molecule has 0 radical (unpaired) electrons. The van der Waals surface area contributed by atoms with E-state index >= 15 is 0 Å². The highest BCUT2D eigenvalue weighted by Gasteiger charge is 2.13. The summed E-state index contributed by atoms with van der Waals surface area (Å²) in [6.07, 6.45) is 3.22. The van der Waals surface area contributed by atoms with Crippen LogP contribution >= 0.6 is 0 Å². The second-order valence-corrected chi connectivity index (χ2v) is 6.75. The van der Waals surface area contributed by atoms with Crippen molar-refractivity contribution in [1.82, 2.24) is 10.2 Å². The molecule has 1 aliphatic heterocycles. The van der Waals surface area contributed by atoms with Crippen molar-refractivity contribution in [2.75, 3.05) is 38.2 Å². The molecule has 1 unspecified atom stereocenters. The second-order valence-electron chi connectivity index (χ2n) is 4.49. The SMILES string of the molecule is CC1CN(CCCS(C)(=O)=O)CCCN1. The minimum Gasteiger partial charge on any atom is -0.313 e. The van der Waals surface area contributed by atoms with Gasteiger partial charge in [0.05, 0.1) is 5.75 Å². The van der Waals surface area contributed by atoms with Gasteiger partial charge in [0.1, 0.15) is 9.84 Å². The normalized spacial score (nSPS) is 25.1. The molecule has 1 fully saturated rings. The Morgan fingerprint density at radius 3 is 2.87 bits per heavy atom. The fourth-order valence-electron chi connectivity index (χ4n) is 1.95. The van der Waals surface area contributed by atoms with Crippen molar-refractivity contribution in [2.24, 2.45) is 0 Å². The number of sulfone groups is 1. The highest BCUT2D eigenvalue weighted by atomic mass is 32.2. The molecule has 1 atom stereocenters. The van der Waals surface area contributed by atoms with Crippen LogP contribution in [0.2, 0.25) is 0 Å². The Kier molecular flexibility index (Phi) is 5.02. The lowest BCUT2D eigenvalue weighted by molar-refractivity contribution is 0.274. The lowest BCUT2D eigenvalue weighted by Gasteiger charge is -2.21.